The first-order valence-corrected chi connectivity index (χ1v) is 10.1. The number of nitrogens with two attached hydrogens (primary N) is 1. The van der Waals surface area contributed by atoms with E-state index in [1.807, 2.05) is 30.3 Å². The summed E-state index contributed by atoms with van der Waals surface area (Å²) in [5.41, 5.74) is 9.30. The molecule has 5 aromatic rings. The van der Waals surface area contributed by atoms with E-state index < -0.39 is 0 Å². The average molecular weight is 426 g/mol. The Hall–Kier alpha value is -4.10. The summed E-state index contributed by atoms with van der Waals surface area (Å²) in [6.07, 6.45) is 3.30. The monoisotopic (exact) mass is 426 g/mol. The van der Waals surface area contributed by atoms with Crippen molar-refractivity contribution < 1.29 is 14.2 Å². The zero-order valence-electron chi connectivity index (χ0n) is 17.0. The standard InChI is InChI=1S/C25H19FN4O2/c26-20-6-2-1-4-18(20)21-14-19(17-5-3-10-29-25(17)30-21)15-7-8-22(32-13-12-31)23-16(15)9-11-28-24(23)27/h1-11,14,31H,12-13H2,(H2,27,28). The number of rotatable bonds is 5. The Kier molecular flexibility index (Phi) is 5.09. The summed E-state index contributed by atoms with van der Waals surface area (Å²) in [6, 6.07) is 17.7. The maximum absolute atomic E-state index is 14.6. The Labute approximate surface area is 183 Å². The van der Waals surface area contributed by atoms with Crippen LogP contribution < -0.4 is 10.5 Å². The quantitative estimate of drug-likeness (QED) is 0.426. The molecular formula is C25H19FN4O2. The van der Waals surface area contributed by atoms with E-state index in [1.165, 1.54) is 6.07 Å². The van der Waals surface area contributed by atoms with Crippen molar-refractivity contribution in [3.8, 4) is 28.1 Å². The Morgan fingerprint density at radius 1 is 0.875 bits per heavy atom. The molecule has 0 aliphatic heterocycles. The van der Waals surface area contributed by atoms with E-state index in [0.29, 0.717) is 33.9 Å². The highest BCUT2D eigenvalue weighted by atomic mass is 19.1. The summed E-state index contributed by atoms with van der Waals surface area (Å²) in [6.45, 7) is 0.0262. The zero-order valence-corrected chi connectivity index (χ0v) is 17.0. The maximum atomic E-state index is 14.6. The molecule has 0 fully saturated rings. The number of aliphatic hydroxyl groups is 1. The molecule has 158 valence electrons. The van der Waals surface area contributed by atoms with Crippen molar-refractivity contribution in [2.75, 3.05) is 18.9 Å². The van der Waals surface area contributed by atoms with Crippen LogP contribution >= 0.6 is 0 Å². The molecular weight excluding hydrogens is 407 g/mol. The second-order valence-electron chi connectivity index (χ2n) is 7.21. The van der Waals surface area contributed by atoms with Gasteiger partial charge < -0.3 is 15.6 Å². The van der Waals surface area contributed by atoms with Gasteiger partial charge in [0.15, 0.2) is 5.65 Å². The lowest BCUT2D eigenvalue weighted by Gasteiger charge is -2.15. The largest absolute Gasteiger partial charge is 0.490 e. The molecule has 3 aromatic heterocycles. The van der Waals surface area contributed by atoms with Crippen LogP contribution in [0.4, 0.5) is 10.2 Å². The van der Waals surface area contributed by atoms with Crippen molar-refractivity contribution in [2.45, 2.75) is 0 Å². The number of anilines is 1. The predicted molar refractivity (Wildman–Crippen MR) is 123 cm³/mol. The third kappa shape index (κ3) is 3.38. The number of fused-ring (bicyclic) bond motifs is 2. The molecule has 0 radical (unpaired) electrons. The van der Waals surface area contributed by atoms with Gasteiger partial charge in [-0.1, -0.05) is 18.2 Å². The van der Waals surface area contributed by atoms with Gasteiger partial charge in [0, 0.05) is 23.3 Å². The number of nitrogen functional groups attached to an aromatic ring is 1. The minimum Gasteiger partial charge on any atom is -0.490 e. The summed E-state index contributed by atoms with van der Waals surface area (Å²) in [5, 5.41) is 11.5. The number of hydrogen-bond acceptors (Lipinski definition) is 6. The molecule has 0 amide bonds. The number of hydrogen-bond donors (Lipinski definition) is 2. The van der Waals surface area contributed by atoms with Crippen molar-refractivity contribution in [2.24, 2.45) is 0 Å². The van der Waals surface area contributed by atoms with Gasteiger partial charge in [-0.05, 0) is 59.0 Å². The molecule has 3 heterocycles. The van der Waals surface area contributed by atoms with Gasteiger partial charge in [0.05, 0.1) is 17.7 Å². The Morgan fingerprint density at radius 3 is 2.59 bits per heavy atom. The first-order chi connectivity index (χ1) is 15.7. The fourth-order valence-corrected chi connectivity index (χ4v) is 3.89. The molecule has 32 heavy (non-hydrogen) atoms. The number of pyridine rings is 3. The predicted octanol–water partition coefficient (Wildman–Crippen LogP) is 4.60. The van der Waals surface area contributed by atoms with Gasteiger partial charge in [0.1, 0.15) is 24.0 Å². The highest BCUT2D eigenvalue weighted by Crippen LogP contribution is 2.40. The number of halogens is 1. The lowest BCUT2D eigenvalue weighted by Crippen LogP contribution is -2.04. The second kappa shape index (κ2) is 8.20. The van der Waals surface area contributed by atoms with E-state index in [0.717, 1.165) is 21.9 Å². The molecule has 3 N–H and O–H groups in total. The highest BCUT2D eigenvalue weighted by molar-refractivity contribution is 6.09. The van der Waals surface area contributed by atoms with Crippen LogP contribution in [-0.2, 0) is 0 Å². The van der Waals surface area contributed by atoms with Crippen molar-refractivity contribution in [1.29, 1.82) is 0 Å². The van der Waals surface area contributed by atoms with Crippen LogP contribution in [0.15, 0.2) is 73.1 Å². The van der Waals surface area contributed by atoms with Gasteiger partial charge in [-0.15, -0.1) is 0 Å². The smallest absolute Gasteiger partial charge is 0.160 e. The third-order valence-electron chi connectivity index (χ3n) is 5.29. The molecule has 0 atom stereocenters. The molecule has 0 aliphatic rings. The summed E-state index contributed by atoms with van der Waals surface area (Å²) in [7, 11) is 0. The molecule has 6 nitrogen and oxygen atoms in total. The number of aliphatic hydroxyl groups excluding tert-OH is 1. The Morgan fingerprint density at radius 2 is 1.75 bits per heavy atom. The van der Waals surface area contributed by atoms with Gasteiger partial charge in [0.2, 0.25) is 0 Å². The first-order valence-electron chi connectivity index (χ1n) is 10.1. The summed E-state index contributed by atoms with van der Waals surface area (Å²) >= 11 is 0. The fourth-order valence-electron chi connectivity index (χ4n) is 3.89. The lowest BCUT2D eigenvalue weighted by atomic mass is 9.95. The van der Waals surface area contributed by atoms with Gasteiger partial charge in [0.25, 0.3) is 0 Å². The Bertz CT molecular complexity index is 1460. The topological polar surface area (TPSA) is 94.2 Å². The van der Waals surface area contributed by atoms with Crippen LogP contribution in [0.5, 0.6) is 5.75 Å². The molecule has 0 aliphatic carbocycles. The lowest BCUT2D eigenvalue weighted by molar-refractivity contribution is 0.203. The number of benzene rings is 2. The minimum atomic E-state index is -0.354. The third-order valence-corrected chi connectivity index (χ3v) is 5.29. The van der Waals surface area contributed by atoms with Gasteiger partial charge >= 0.3 is 0 Å². The minimum absolute atomic E-state index is 0.115. The number of aromatic nitrogens is 3. The normalized spacial score (nSPS) is 11.2. The molecule has 5 rings (SSSR count). The van der Waals surface area contributed by atoms with Crippen LogP contribution in [0, 0.1) is 5.82 Å². The van der Waals surface area contributed by atoms with Gasteiger partial charge in [-0.3, -0.25) is 0 Å². The van der Waals surface area contributed by atoms with Crippen LogP contribution in [0.2, 0.25) is 0 Å². The molecule has 0 saturated carbocycles. The molecule has 0 unspecified atom stereocenters. The first kappa shape index (κ1) is 19.8. The van der Waals surface area contributed by atoms with E-state index in [2.05, 4.69) is 15.0 Å². The highest BCUT2D eigenvalue weighted by Gasteiger charge is 2.17. The Balaban J connectivity index is 1.82. The number of nitrogens with zero attached hydrogens (tertiary/aromatic N) is 3. The average Bonchev–Trinajstić information content (AvgIpc) is 2.82. The van der Waals surface area contributed by atoms with E-state index >= 15 is 0 Å². The van der Waals surface area contributed by atoms with Crippen molar-refractivity contribution in [1.82, 2.24) is 15.0 Å². The molecule has 7 heteroatoms. The SMILES string of the molecule is Nc1nccc2c(-c3cc(-c4ccccc4F)nc4ncccc34)ccc(OCCO)c12. The van der Waals surface area contributed by atoms with Crippen molar-refractivity contribution in [3.63, 3.8) is 0 Å². The van der Waals surface area contributed by atoms with E-state index in [4.69, 9.17) is 15.6 Å². The molecule has 0 saturated heterocycles. The molecule has 0 spiro atoms. The van der Waals surface area contributed by atoms with Gasteiger partial charge in [-0.2, -0.15) is 0 Å². The molecule has 2 aromatic carbocycles. The summed E-state index contributed by atoms with van der Waals surface area (Å²) in [5.74, 6) is 0.504. The van der Waals surface area contributed by atoms with Crippen LogP contribution in [0.25, 0.3) is 44.2 Å². The summed E-state index contributed by atoms with van der Waals surface area (Å²) in [4.78, 5) is 13.2. The molecule has 0 bridgehead atoms. The number of ether oxygens (including phenoxy) is 1. The zero-order chi connectivity index (χ0) is 22.1. The van der Waals surface area contributed by atoms with E-state index in [-0.39, 0.29) is 19.0 Å². The van der Waals surface area contributed by atoms with Crippen LogP contribution in [0.3, 0.4) is 0 Å². The van der Waals surface area contributed by atoms with E-state index in [9.17, 15) is 4.39 Å². The van der Waals surface area contributed by atoms with Gasteiger partial charge in [-0.25, -0.2) is 19.3 Å². The van der Waals surface area contributed by atoms with E-state index in [1.54, 1.807) is 36.7 Å². The van der Waals surface area contributed by atoms with Crippen LogP contribution in [0.1, 0.15) is 0 Å². The van der Waals surface area contributed by atoms with Crippen molar-refractivity contribution in [3.05, 3.63) is 78.9 Å². The fraction of sp³-hybridized carbons (Fsp3) is 0.0800. The van der Waals surface area contributed by atoms with Crippen molar-refractivity contribution >= 4 is 27.6 Å². The van der Waals surface area contributed by atoms with Crippen LogP contribution in [-0.4, -0.2) is 33.3 Å². The summed E-state index contributed by atoms with van der Waals surface area (Å²) < 4.78 is 20.3. The second-order valence-corrected chi connectivity index (χ2v) is 7.21. The maximum Gasteiger partial charge on any atom is 0.160 e.